The van der Waals surface area contributed by atoms with Gasteiger partial charge in [0.1, 0.15) is 20.0 Å². The predicted molar refractivity (Wildman–Crippen MR) is 84.6 cm³/mol. The molecule has 0 aliphatic rings. The molecule has 0 saturated carbocycles. The Morgan fingerprint density at radius 2 is 0.952 bits per heavy atom. The number of hydrogen-bond acceptors (Lipinski definition) is 4. The van der Waals surface area contributed by atoms with E-state index in [4.69, 9.17) is 0 Å². The second kappa shape index (κ2) is 8.25. The molecule has 5 nitrogen and oxygen atoms in total. The Labute approximate surface area is 143 Å². The summed E-state index contributed by atoms with van der Waals surface area (Å²) in [5, 5.41) is 0. The Morgan fingerprint density at radius 1 is 0.667 bits per heavy atom. The van der Waals surface area contributed by atoms with Crippen LogP contribution in [0.5, 0.6) is 0 Å². The van der Waals surface area contributed by atoms with Crippen molar-refractivity contribution < 1.29 is 29.6 Å². The molecule has 0 unspecified atom stereocenters. The summed E-state index contributed by atoms with van der Waals surface area (Å²) in [4.78, 5) is -0.316. The fourth-order valence-electron chi connectivity index (χ4n) is 1.40. The molecule has 2 aromatic carbocycles. The summed E-state index contributed by atoms with van der Waals surface area (Å²) >= 11 is 5.87. The molecule has 0 bridgehead atoms. The molecule has 21 heavy (non-hydrogen) atoms. The Kier molecular flexibility index (Phi) is 7.31. The topological polar surface area (TPSA) is 82.4 Å². The summed E-state index contributed by atoms with van der Waals surface area (Å²) in [6, 6.07) is 14.4. The third-order valence-corrected chi connectivity index (χ3v) is 5.58. The summed E-state index contributed by atoms with van der Waals surface area (Å²) in [7, 11) is -8.46. The number of benzene rings is 2. The number of rotatable bonds is 4. The van der Waals surface area contributed by atoms with Crippen LogP contribution in [-0.4, -0.2) is 16.8 Å². The Bertz CT molecular complexity index is 698. The van der Waals surface area contributed by atoms with Crippen molar-refractivity contribution in [2.24, 2.45) is 0 Å². The maximum atomic E-state index is 11.9. The quantitative estimate of drug-likeness (QED) is 0.491. The second-order valence-corrected chi connectivity index (χ2v) is 7.09. The Hall–Kier alpha value is -0.451. The van der Waals surface area contributed by atoms with Crippen LogP contribution in [0.1, 0.15) is 0 Å². The van der Waals surface area contributed by atoms with Crippen LogP contribution in [0.15, 0.2) is 70.5 Å². The van der Waals surface area contributed by atoms with Crippen LogP contribution in [0.25, 0.3) is 4.13 Å². The number of halogens is 1. The third-order valence-electron chi connectivity index (χ3n) is 2.28. The molecule has 0 heterocycles. The fraction of sp³-hybridized carbons (Fsp3) is 0. The summed E-state index contributed by atoms with van der Waals surface area (Å²) in [6.07, 6.45) is 0. The summed E-state index contributed by atoms with van der Waals surface area (Å²) in [5.41, 5.74) is 0. The van der Waals surface area contributed by atoms with Crippen molar-refractivity contribution in [1.29, 1.82) is 0 Å². The molecule has 0 amide bonds. The first-order valence-corrected chi connectivity index (χ1v) is 11.3. The molecule has 0 saturated heterocycles. The monoisotopic (exact) mass is 486 g/mol. The van der Waals surface area contributed by atoms with Crippen LogP contribution in [0.4, 0.5) is 0 Å². The molecular formula is C12H10CuINO4S2. The maximum absolute atomic E-state index is 11.9. The van der Waals surface area contributed by atoms with E-state index in [-0.39, 0.29) is 9.79 Å². The van der Waals surface area contributed by atoms with Crippen molar-refractivity contribution in [3.63, 3.8) is 0 Å². The van der Waals surface area contributed by atoms with Gasteiger partial charge < -0.3 is 4.13 Å². The molecule has 0 N–H and O–H groups in total. The van der Waals surface area contributed by atoms with Gasteiger partial charge in [0.2, 0.25) is 0 Å². The molecule has 0 radical (unpaired) electrons. The van der Waals surface area contributed by atoms with Crippen LogP contribution >= 0.6 is 20.3 Å². The second-order valence-electron chi connectivity index (χ2n) is 3.65. The molecule has 9 heteroatoms. The van der Waals surface area contributed by atoms with E-state index in [0.29, 0.717) is 0 Å². The zero-order chi connectivity index (χ0) is 15.9. The van der Waals surface area contributed by atoms with Crippen molar-refractivity contribution in [3.8, 4) is 0 Å². The van der Waals surface area contributed by atoms with Crippen LogP contribution in [0, 0.1) is 0 Å². The van der Waals surface area contributed by atoms with Gasteiger partial charge in [-0.05, 0) is 24.3 Å². The minimum absolute atomic E-state index is 0.158. The molecule has 0 aliphatic heterocycles. The van der Waals surface area contributed by atoms with E-state index in [2.05, 4.69) is 16.9 Å². The zero-order valence-electron chi connectivity index (χ0n) is 10.3. The van der Waals surface area contributed by atoms with Crippen molar-refractivity contribution in [2.45, 2.75) is 9.79 Å². The number of nitrogens with zero attached hydrogens (tertiary/aromatic N) is 1. The van der Waals surface area contributed by atoms with Gasteiger partial charge in [-0.3, -0.25) is 0 Å². The van der Waals surface area contributed by atoms with Gasteiger partial charge in [-0.25, -0.2) is 16.8 Å². The molecule has 0 fully saturated rings. The van der Waals surface area contributed by atoms with Gasteiger partial charge in [-0.2, -0.15) is 0 Å². The predicted octanol–water partition coefficient (Wildman–Crippen LogP) is 3.02. The summed E-state index contributed by atoms with van der Waals surface area (Å²) in [5.74, 6) is 0. The van der Waals surface area contributed by atoms with Crippen molar-refractivity contribution in [2.75, 3.05) is 0 Å². The first kappa shape index (κ1) is 18.6. The van der Waals surface area contributed by atoms with Gasteiger partial charge in [0.25, 0.3) is 0 Å². The molecular weight excluding hydrogens is 477 g/mol. The van der Waals surface area contributed by atoms with E-state index in [1.54, 1.807) is 32.5 Å². The Balaban J connectivity index is 0.00000106. The van der Waals surface area contributed by atoms with Crippen molar-refractivity contribution >= 4 is 40.4 Å². The average Bonchev–Trinajstić information content (AvgIpc) is 2.50. The first-order chi connectivity index (χ1) is 9.92. The van der Waals surface area contributed by atoms with E-state index < -0.39 is 20.0 Å². The SMILES string of the molecule is O=S(=O)([N-]S(=O)(=O)c1ccccc1)c1ccccc1.[Cu+][I]. The van der Waals surface area contributed by atoms with Crippen LogP contribution in [0.2, 0.25) is 0 Å². The molecule has 117 valence electrons. The summed E-state index contributed by atoms with van der Waals surface area (Å²) < 4.78 is 50.5. The molecule has 0 aromatic heterocycles. The normalized spacial score (nSPS) is 11.4. The van der Waals surface area contributed by atoms with Gasteiger partial charge in [0.15, 0.2) is 0 Å². The van der Waals surface area contributed by atoms with E-state index in [1.165, 1.54) is 48.5 Å². The van der Waals surface area contributed by atoms with Crippen molar-refractivity contribution in [3.05, 3.63) is 64.8 Å². The van der Waals surface area contributed by atoms with Crippen molar-refractivity contribution in [1.82, 2.24) is 0 Å². The molecule has 0 aliphatic carbocycles. The van der Waals surface area contributed by atoms with Crippen LogP contribution in [-0.2, 0) is 32.8 Å². The van der Waals surface area contributed by atoms with Crippen LogP contribution < -0.4 is 0 Å². The zero-order valence-corrected chi connectivity index (χ0v) is 15.1. The molecule has 2 rings (SSSR count). The molecule has 0 atom stereocenters. The van der Waals surface area contributed by atoms with E-state index in [1.807, 2.05) is 0 Å². The van der Waals surface area contributed by atoms with Gasteiger partial charge in [0, 0.05) is 9.79 Å². The fourth-order valence-corrected chi connectivity index (χ4v) is 4.12. The third kappa shape index (κ3) is 5.35. The number of hydrogen-bond donors (Lipinski definition) is 0. The van der Waals surface area contributed by atoms with E-state index >= 15 is 0 Å². The first-order valence-electron chi connectivity index (χ1n) is 5.38. The van der Waals surface area contributed by atoms with E-state index in [0.717, 1.165) is 0 Å². The van der Waals surface area contributed by atoms with Gasteiger partial charge >= 0.3 is 33.1 Å². The van der Waals surface area contributed by atoms with E-state index in [9.17, 15) is 16.8 Å². The van der Waals surface area contributed by atoms with Gasteiger partial charge in [-0.15, -0.1) is 0 Å². The van der Waals surface area contributed by atoms with Gasteiger partial charge in [0.05, 0.1) is 0 Å². The molecule has 0 spiro atoms. The minimum atomic E-state index is -4.23. The summed E-state index contributed by atoms with van der Waals surface area (Å²) in [6.45, 7) is 0. The Morgan fingerprint density at radius 3 is 1.24 bits per heavy atom. The average molecular weight is 487 g/mol. The van der Waals surface area contributed by atoms with Crippen LogP contribution in [0.3, 0.4) is 0 Å². The number of sulfonamides is 2. The van der Waals surface area contributed by atoms with Gasteiger partial charge in [-0.1, -0.05) is 36.4 Å². The standard InChI is InChI=1S/C12H10NO4S2.Cu.HI/c14-18(15,11-7-3-1-4-8-11)13-19(16,17)12-9-5-2-6-10-12;;/h1-10H;;1H/q-1;+2;/p-1. The molecule has 2 aromatic rings.